The molecule has 4 rings (SSSR count). The Morgan fingerprint density at radius 2 is 1.92 bits per heavy atom. The molecule has 3 N–H and O–H groups in total. The second-order valence-electron chi connectivity index (χ2n) is 8.63. The number of rotatable bonds is 10. The molecule has 0 atom stereocenters. The number of aromatic amines is 1. The fourth-order valence-electron chi connectivity index (χ4n) is 4.05. The van der Waals surface area contributed by atoms with E-state index in [2.05, 4.69) is 14.7 Å². The summed E-state index contributed by atoms with van der Waals surface area (Å²) in [5.41, 5.74) is 1.45. The Hall–Kier alpha value is -4.13. The average Bonchev–Trinajstić information content (AvgIpc) is 3.20. The number of aromatic hydroxyl groups is 1. The monoisotopic (exact) mass is 535 g/mol. The van der Waals surface area contributed by atoms with Crippen molar-refractivity contribution in [2.45, 2.75) is 52.7 Å². The van der Waals surface area contributed by atoms with Crippen molar-refractivity contribution >= 4 is 11.2 Å². The van der Waals surface area contributed by atoms with Crippen molar-refractivity contribution in [2.24, 2.45) is 0 Å². The number of imidazole rings is 1. The minimum absolute atomic E-state index is 0.0287. The number of aliphatic hydroxyl groups excluding tert-OH is 1. The van der Waals surface area contributed by atoms with Gasteiger partial charge in [-0.25, -0.2) is 4.79 Å². The number of nitrogens with one attached hydrogen (secondary N) is 1. The molecule has 0 radical (unpaired) electrons. The van der Waals surface area contributed by atoms with Crippen LogP contribution in [0.1, 0.15) is 31.0 Å². The van der Waals surface area contributed by atoms with Gasteiger partial charge in [0, 0.05) is 36.5 Å². The molecule has 13 heteroatoms. The van der Waals surface area contributed by atoms with E-state index in [1.54, 1.807) is 10.8 Å². The number of aliphatic hydroxyl groups is 1. The van der Waals surface area contributed by atoms with Crippen molar-refractivity contribution in [2.75, 3.05) is 6.61 Å². The number of pyridine rings is 1. The Morgan fingerprint density at radius 3 is 2.58 bits per heavy atom. The van der Waals surface area contributed by atoms with Crippen molar-refractivity contribution < 1.29 is 42.0 Å². The Kier molecular flexibility index (Phi) is 7.86. The van der Waals surface area contributed by atoms with Gasteiger partial charge >= 0.3 is 29.6 Å². The van der Waals surface area contributed by atoms with Gasteiger partial charge < -0.3 is 19.7 Å². The van der Waals surface area contributed by atoms with Crippen molar-refractivity contribution in [1.82, 2.24) is 14.5 Å². The van der Waals surface area contributed by atoms with Crippen LogP contribution >= 0.6 is 0 Å². The number of aromatic nitrogens is 5. The molecule has 1 aromatic carbocycles. The zero-order valence-electron chi connectivity index (χ0n) is 20.8. The summed E-state index contributed by atoms with van der Waals surface area (Å²) in [5.74, 6) is -0.439. The summed E-state index contributed by atoms with van der Waals surface area (Å²) in [4.78, 5) is 20.9. The van der Waals surface area contributed by atoms with Gasteiger partial charge in [0.15, 0.2) is 0 Å². The smallest absolute Gasteiger partial charge is 0.458 e. The minimum atomic E-state index is -4.87. The summed E-state index contributed by atoms with van der Waals surface area (Å²) in [6.45, 7) is 4.12. The summed E-state index contributed by atoms with van der Waals surface area (Å²) in [5, 5.41) is 20.2. The number of fused-ring (bicyclic) bond motifs is 1. The third-order valence-corrected chi connectivity index (χ3v) is 5.72. The first kappa shape index (κ1) is 26.9. The van der Waals surface area contributed by atoms with Gasteiger partial charge in [-0.1, -0.05) is 19.1 Å². The van der Waals surface area contributed by atoms with Crippen LogP contribution in [-0.2, 0) is 19.6 Å². The van der Waals surface area contributed by atoms with Gasteiger partial charge in [-0.05, 0) is 31.5 Å². The van der Waals surface area contributed by atoms with Crippen LogP contribution in [-0.4, -0.2) is 37.7 Å². The number of alkyl halides is 3. The number of H-pyrrole nitrogens is 1. The van der Waals surface area contributed by atoms with Crippen LogP contribution < -0.4 is 24.2 Å². The molecule has 0 spiro atoms. The highest BCUT2D eigenvalue weighted by Crippen LogP contribution is 2.28. The number of hydrogen-bond acceptors (Lipinski definition) is 6. The highest BCUT2D eigenvalue weighted by Gasteiger charge is 2.34. The van der Waals surface area contributed by atoms with Crippen LogP contribution in [0.15, 0.2) is 47.4 Å². The van der Waals surface area contributed by atoms with Gasteiger partial charge in [0.25, 0.3) is 5.52 Å². The average molecular weight is 536 g/mol. The predicted molar refractivity (Wildman–Crippen MR) is 128 cm³/mol. The van der Waals surface area contributed by atoms with Gasteiger partial charge in [0.05, 0.1) is 13.1 Å². The highest BCUT2D eigenvalue weighted by molar-refractivity contribution is 5.62. The molecule has 0 saturated heterocycles. The van der Waals surface area contributed by atoms with E-state index in [1.165, 1.54) is 21.3 Å². The first-order valence-corrected chi connectivity index (χ1v) is 12.0. The number of hydrogen-bond donors (Lipinski definition) is 3. The highest BCUT2D eigenvalue weighted by atomic mass is 19.4. The summed E-state index contributed by atoms with van der Waals surface area (Å²) >= 11 is 0. The summed E-state index contributed by atoms with van der Waals surface area (Å²) in [6, 6.07) is 8.41. The maximum atomic E-state index is 13.6. The van der Waals surface area contributed by atoms with Crippen molar-refractivity contribution in [3.63, 3.8) is 0 Å². The molecule has 0 bridgehead atoms. The molecule has 0 aliphatic rings. The van der Waals surface area contributed by atoms with E-state index in [4.69, 9.17) is 4.74 Å². The third kappa shape index (κ3) is 5.88. The van der Waals surface area contributed by atoms with E-state index in [-0.39, 0.29) is 55.1 Å². The number of halogens is 3. The van der Waals surface area contributed by atoms with E-state index in [0.29, 0.717) is 13.0 Å². The number of benzene rings is 1. The maximum absolute atomic E-state index is 13.6. The van der Waals surface area contributed by atoms with Gasteiger partial charge in [-0.15, -0.1) is 13.2 Å². The molecule has 3 heterocycles. The van der Waals surface area contributed by atoms with Crippen LogP contribution in [0.3, 0.4) is 0 Å². The first-order chi connectivity index (χ1) is 18.1. The lowest BCUT2D eigenvalue weighted by atomic mass is 10.2. The van der Waals surface area contributed by atoms with E-state index in [1.807, 2.05) is 26.0 Å². The quantitative estimate of drug-likeness (QED) is 0.269. The molecule has 10 nitrogen and oxygen atoms in total. The molecule has 0 amide bonds. The Morgan fingerprint density at radius 1 is 1.16 bits per heavy atom. The number of aryl methyl sites for hydroxylation is 2. The van der Waals surface area contributed by atoms with E-state index in [0.717, 1.165) is 23.4 Å². The molecule has 4 aromatic rings. The van der Waals surface area contributed by atoms with Gasteiger partial charge in [-0.2, -0.15) is 18.7 Å². The lowest BCUT2D eigenvalue weighted by Crippen LogP contribution is -2.46. The zero-order chi connectivity index (χ0) is 27.4. The lowest BCUT2D eigenvalue weighted by molar-refractivity contribution is -0.692. The Labute approximate surface area is 215 Å². The molecule has 0 aliphatic heterocycles. The topological polar surface area (TPSA) is 117 Å². The van der Waals surface area contributed by atoms with Crippen molar-refractivity contribution in [1.29, 1.82) is 0 Å². The molecule has 202 valence electrons. The minimum Gasteiger partial charge on any atom is -0.458 e. The van der Waals surface area contributed by atoms with Gasteiger partial charge in [0.2, 0.25) is 0 Å². The normalized spacial score (nSPS) is 11.7. The van der Waals surface area contributed by atoms with Crippen LogP contribution in [0.4, 0.5) is 13.2 Å². The lowest BCUT2D eigenvalue weighted by Gasteiger charge is -2.09. The zero-order valence-corrected chi connectivity index (χ0v) is 20.8. The van der Waals surface area contributed by atoms with Gasteiger partial charge in [-0.3, -0.25) is 4.98 Å². The third-order valence-electron chi connectivity index (χ3n) is 5.72. The van der Waals surface area contributed by atoms with Gasteiger partial charge in [0.1, 0.15) is 18.0 Å². The van der Waals surface area contributed by atoms with E-state index < -0.39 is 17.7 Å². The van der Waals surface area contributed by atoms with Crippen LogP contribution in [0.2, 0.25) is 0 Å². The summed E-state index contributed by atoms with van der Waals surface area (Å²) < 4.78 is 52.4. The predicted octanol–water partition coefficient (Wildman–Crippen LogP) is 2.85. The van der Waals surface area contributed by atoms with Crippen LogP contribution in [0.5, 0.6) is 23.5 Å². The largest absolute Gasteiger partial charge is 0.573 e. The van der Waals surface area contributed by atoms with E-state index >= 15 is 0 Å². The standard InChI is InChI=1S/C25H26F3N5O5/c1-3-10-31-21-20(22(35)32(24(31)36)11-5-12-34)33(15-17-9-8-16(2)29-14-17)23(30-21)37-18-6-4-7-19(13-18)38-25(26,27)28/h4,6-9,13-14,34H,3,5,10-12,15H2,1-2H3/p+2. The fraction of sp³-hybridized carbons (Fsp3) is 0.360. The molecule has 0 aliphatic carbocycles. The molecule has 0 saturated carbocycles. The molecular formula is C25H28F3N5O5+2. The summed E-state index contributed by atoms with van der Waals surface area (Å²) in [7, 11) is 0. The summed E-state index contributed by atoms with van der Waals surface area (Å²) in [6.07, 6.45) is -2.36. The molecular weight excluding hydrogens is 507 g/mol. The van der Waals surface area contributed by atoms with Crippen molar-refractivity contribution in [3.05, 3.63) is 64.2 Å². The molecule has 38 heavy (non-hydrogen) atoms. The molecule has 3 aromatic heterocycles. The maximum Gasteiger partial charge on any atom is 0.573 e. The molecule has 0 fully saturated rings. The SMILES string of the molecule is CCC[n+]1c(O)n(CCCO)c(=O)c2c1[nH]c(Oc1cccc(OC(F)(F)F)c1)[n+]2Cc1ccc(C)nc1. The number of ether oxygens (including phenoxy) is 2. The first-order valence-electron chi connectivity index (χ1n) is 12.0. The van der Waals surface area contributed by atoms with Crippen molar-refractivity contribution in [3.8, 4) is 23.5 Å². The fourth-order valence-corrected chi connectivity index (χ4v) is 4.05. The Bertz CT molecular complexity index is 1480. The van der Waals surface area contributed by atoms with E-state index in [9.17, 15) is 28.2 Å². The van der Waals surface area contributed by atoms with Crippen LogP contribution in [0.25, 0.3) is 11.2 Å². The molecule has 0 unspecified atom stereocenters. The second-order valence-corrected chi connectivity index (χ2v) is 8.63. The second kappa shape index (κ2) is 11.1. The Balaban J connectivity index is 1.90. The number of nitrogens with zero attached hydrogens (tertiary/aromatic N) is 4. The van der Waals surface area contributed by atoms with Crippen LogP contribution in [0, 0.1) is 6.92 Å².